The third kappa shape index (κ3) is 3.95. The van der Waals surface area contributed by atoms with E-state index < -0.39 is 11.8 Å². The molecule has 1 aliphatic heterocycles. The summed E-state index contributed by atoms with van der Waals surface area (Å²) < 4.78 is 10.8. The molecule has 7 nitrogen and oxygen atoms in total. The number of phenolic OH excluding ortho intramolecular Hbond substituents is 1. The highest BCUT2D eigenvalue weighted by atomic mass is 32.2. The zero-order chi connectivity index (χ0) is 20.3. The van der Waals surface area contributed by atoms with Crippen molar-refractivity contribution in [3.05, 3.63) is 58.5 Å². The van der Waals surface area contributed by atoms with Crippen molar-refractivity contribution in [2.45, 2.75) is 0 Å². The first-order valence-corrected chi connectivity index (χ1v) is 9.26. The van der Waals surface area contributed by atoms with Gasteiger partial charge in [0.1, 0.15) is 5.75 Å². The minimum absolute atomic E-state index is 0.0527. The zero-order valence-corrected chi connectivity index (χ0v) is 16.6. The van der Waals surface area contributed by atoms with Crippen molar-refractivity contribution < 1.29 is 24.2 Å². The van der Waals surface area contributed by atoms with E-state index in [2.05, 4.69) is 5.43 Å². The van der Waals surface area contributed by atoms with E-state index in [0.29, 0.717) is 22.0 Å². The Kier molecular flexibility index (Phi) is 5.86. The SMILES string of the molecule is COc1cccc(/C=C2\SC(=S)N(NC(=O)c3cccc(O)c3)C2=O)c1OC. The molecule has 2 amide bonds. The van der Waals surface area contributed by atoms with E-state index in [-0.39, 0.29) is 15.6 Å². The molecule has 0 spiro atoms. The number of rotatable bonds is 5. The van der Waals surface area contributed by atoms with E-state index in [0.717, 1.165) is 16.8 Å². The Morgan fingerprint density at radius 3 is 2.64 bits per heavy atom. The first-order chi connectivity index (χ1) is 13.4. The Morgan fingerprint density at radius 1 is 1.21 bits per heavy atom. The van der Waals surface area contributed by atoms with Crippen LogP contribution in [0.1, 0.15) is 15.9 Å². The van der Waals surface area contributed by atoms with Crippen LogP contribution in [-0.2, 0) is 4.79 Å². The maximum absolute atomic E-state index is 12.7. The number of amides is 2. The second-order valence-corrected chi connectivity index (χ2v) is 7.27. The Morgan fingerprint density at radius 2 is 1.96 bits per heavy atom. The molecular formula is C19H16N2O5S2. The van der Waals surface area contributed by atoms with E-state index in [1.54, 1.807) is 24.3 Å². The van der Waals surface area contributed by atoms with Gasteiger partial charge in [-0.1, -0.05) is 30.0 Å². The highest BCUT2D eigenvalue weighted by Gasteiger charge is 2.34. The van der Waals surface area contributed by atoms with Crippen LogP contribution >= 0.6 is 24.0 Å². The summed E-state index contributed by atoms with van der Waals surface area (Å²) in [5.74, 6) is -0.0631. The third-order valence-electron chi connectivity index (χ3n) is 3.84. The second-order valence-electron chi connectivity index (χ2n) is 5.59. The summed E-state index contributed by atoms with van der Waals surface area (Å²) >= 11 is 6.28. The lowest BCUT2D eigenvalue weighted by Crippen LogP contribution is -2.44. The number of aromatic hydroxyl groups is 1. The van der Waals surface area contributed by atoms with Gasteiger partial charge in [0, 0.05) is 11.1 Å². The van der Waals surface area contributed by atoms with E-state index in [1.807, 2.05) is 0 Å². The van der Waals surface area contributed by atoms with Crippen molar-refractivity contribution in [1.82, 2.24) is 10.4 Å². The molecular weight excluding hydrogens is 400 g/mol. The minimum Gasteiger partial charge on any atom is -0.508 e. The summed E-state index contributed by atoms with van der Waals surface area (Å²) in [6.45, 7) is 0. The van der Waals surface area contributed by atoms with Gasteiger partial charge in [0.25, 0.3) is 11.8 Å². The highest BCUT2D eigenvalue weighted by molar-refractivity contribution is 8.26. The molecule has 3 rings (SSSR count). The van der Waals surface area contributed by atoms with E-state index in [9.17, 15) is 14.7 Å². The number of methoxy groups -OCH3 is 2. The van der Waals surface area contributed by atoms with Gasteiger partial charge in [-0.25, -0.2) is 0 Å². The summed E-state index contributed by atoms with van der Waals surface area (Å²) in [6, 6.07) is 11.1. The number of ether oxygens (including phenoxy) is 2. The van der Waals surface area contributed by atoms with Gasteiger partial charge in [-0.05, 0) is 42.6 Å². The number of nitrogens with zero attached hydrogens (tertiary/aromatic N) is 1. The topological polar surface area (TPSA) is 88.1 Å². The monoisotopic (exact) mass is 416 g/mol. The van der Waals surface area contributed by atoms with E-state index >= 15 is 0 Å². The smallest absolute Gasteiger partial charge is 0.285 e. The molecule has 0 aromatic heterocycles. The first-order valence-electron chi connectivity index (χ1n) is 8.03. The summed E-state index contributed by atoms with van der Waals surface area (Å²) in [6.07, 6.45) is 1.63. The van der Waals surface area contributed by atoms with Gasteiger partial charge in [-0.2, -0.15) is 5.01 Å². The fraction of sp³-hybridized carbons (Fsp3) is 0.105. The average molecular weight is 416 g/mol. The van der Waals surface area contributed by atoms with Crippen LogP contribution in [0.25, 0.3) is 6.08 Å². The second kappa shape index (κ2) is 8.32. The van der Waals surface area contributed by atoms with E-state index in [4.69, 9.17) is 21.7 Å². The Balaban J connectivity index is 1.84. The van der Waals surface area contributed by atoms with Crippen molar-refractivity contribution in [2.24, 2.45) is 0 Å². The molecule has 1 heterocycles. The number of phenols is 1. The van der Waals surface area contributed by atoms with Crippen molar-refractivity contribution in [3.8, 4) is 17.2 Å². The van der Waals surface area contributed by atoms with Gasteiger partial charge in [-0.15, -0.1) is 0 Å². The van der Waals surface area contributed by atoms with Gasteiger partial charge in [0.15, 0.2) is 15.8 Å². The zero-order valence-electron chi connectivity index (χ0n) is 15.0. The number of para-hydroxylation sites is 1. The molecule has 9 heteroatoms. The van der Waals surface area contributed by atoms with Crippen LogP contribution in [-0.4, -0.2) is 40.5 Å². The predicted molar refractivity (Wildman–Crippen MR) is 110 cm³/mol. The number of benzene rings is 2. The van der Waals surface area contributed by atoms with E-state index in [1.165, 1.54) is 38.5 Å². The number of hydrazine groups is 1. The average Bonchev–Trinajstić information content (AvgIpc) is 2.95. The summed E-state index contributed by atoms with van der Waals surface area (Å²) in [5.41, 5.74) is 3.31. The van der Waals surface area contributed by atoms with Gasteiger partial charge >= 0.3 is 0 Å². The molecule has 144 valence electrons. The Labute approximate surface area is 170 Å². The molecule has 2 N–H and O–H groups in total. The number of thioether (sulfide) groups is 1. The lowest BCUT2D eigenvalue weighted by atomic mass is 10.1. The third-order valence-corrected chi connectivity index (χ3v) is 5.14. The van der Waals surface area contributed by atoms with Gasteiger partial charge in [0.2, 0.25) is 0 Å². The molecule has 0 radical (unpaired) electrons. The number of hydrogen-bond acceptors (Lipinski definition) is 7. The van der Waals surface area contributed by atoms with Crippen molar-refractivity contribution in [3.63, 3.8) is 0 Å². The molecule has 1 fully saturated rings. The standard InChI is InChI=1S/C19H16N2O5S2/c1-25-14-8-4-5-11(16(14)26-2)10-15-18(24)21(19(27)28-15)20-17(23)12-6-3-7-13(22)9-12/h3-10,22H,1-2H3,(H,20,23)/b15-10-. The molecule has 1 saturated heterocycles. The molecule has 0 unspecified atom stereocenters. The number of carbonyl (C=O) groups excluding carboxylic acids is 2. The molecule has 2 aromatic rings. The molecule has 2 aromatic carbocycles. The number of carbonyl (C=O) groups is 2. The molecule has 1 aliphatic rings. The Hall–Kier alpha value is -3.04. The lowest BCUT2D eigenvalue weighted by Gasteiger charge is -2.15. The largest absolute Gasteiger partial charge is 0.508 e. The predicted octanol–water partition coefficient (Wildman–Crippen LogP) is 2.96. The lowest BCUT2D eigenvalue weighted by molar-refractivity contribution is -0.123. The van der Waals surface area contributed by atoms with Crippen LogP contribution < -0.4 is 14.9 Å². The van der Waals surface area contributed by atoms with Crippen LogP contribution in [0.3, 0.4) is 0 Å². The van der Waals surface area contributed by atoms with Crippen LogP contribution in [0, 0.1) is 0 Å². The van der Waals surface area contributed by atoms with Crippen LogP contribution in [0.15, 0.2) is 47.4 Å². The highest BCUT2D eigenvalue weighted by Crippen LogP contribution is 2.36. The summed E-state index contributed by atoms with van der Waals surface area (Å²) in [4.78, 5) is 25.4. The fourth-order valence-electron chi connectivity index (χ4n) is 2.54. The van der Waals surface area contributed by atoms with Gasteiger partial charge in [-0.3, -0.25) is 15.0 Å². The fourth-order valence-corrected chi connectivity index (χ4v) is 3.71. The quantitative estimate of drug-likeness (QED) is 0.572. The number of hydrogen-bond donors (Lipinski definition) is 2. The molecule has 0 atom stereocenters. The first kappa shape index (κ1) is 19.7. The minimum atomic E-state index is -0.563. The molecule has 28 heavy (non-hydrogen) atoms. The van der Waals surface area contributed by atoms with Crippen LogP contribution in [0.2, 0.25) is 0 Å². The number of nitrogens with one attached hydrogen (secondary N) is 1. The van der Waals surface area contributed by atoms with Gasteiger partial charge < -0.3 is 14.6 Å². The van der Waals surface area contributed by atoms with Crippen molar-refractivity contribution >= 4 is 46.2 Å². The Bertz CT molecular complexity index is 990. The molecule has 0 bridgehead atoms. The molecule has 0 aliphatic carbocycles. The number of thiocarbonyl (C=S) groups is 1. The van der Waals surface area contributed by atoms with Crippen LogP contribution in [0.4, 0.5) is 0 Å². The normalized spacial score (nSPS) is 15.1. The molecule has 0 saturated carbocycles. The maximum Gasteiger partial charge on any atom is 0.285 e. The summed E-state index contributed by atoms with van der Waals surface area (Å²) in [7, 11) is 3.04. The van der Waals surface area contributed by atoms with Crippen molar-refractivity contribution in [2.75, 3.05) is 14.2 Å². The van der Waals surface area contributed by atoms with Gasteiger partial charge in [0.05, 0.1) is 19.1 Å². The maximum atomic E-state index is 12.7. The van der Waals surface area contributed by atoms with Crippen LogP contribution in [0.5, 0.6) is 17.2 Å². The summed E-state index contributed by atoms with van der Waals surface area (Å²) in [5, 5.41) is 10.5. The van der Waals surface area contributed by atoms with Crippen molar-refractivity contribution in [1.29, 1.82) is 0 Å².